The molecule has 2 aromatic carbocycles. The Hall–Kier alpha value is -2.49. The van der Waals surface area contributed by atoms with E-state index in [4.69, 9.17) is 14.5 Å². The standard InChI is InChI=1S/C16H16N2O2/c1-18-12-9-10-13(19-2)15(20-3)14(12)17-16(18)11-7-5-4-6-8-11/h4-10H,1-3H3. The smallest absolute Gasteiger partial charge is 0.188 e. The van der Waals surface area contributed by atoms with Crippen LogP contribution in [0, 0.1) is 0 Å². The van der Waals surface area contributed by atoms with Crippen molar-refractivity contribution < 1.29 is 9.47 Å². The SMILES string of the molecule is COc1ccc2c(nc(-c3ccccc3)n2C)c1OC. The second kappa shape index (κ2) is 4.89. The number of rotatable bonds is 3. The number of nitrogens with zero attached hydrogens (tertiary/aromatic N) is 2. The summed E-state index contributed by atoms with van der Waals surface area (Å²) in [6.45, 7) is 0. The summed E-state index contributed by atoms with van der Waals surface area (Å²) in [7, 11) is 5.27. The van der Waals surface area contributed by atoms with Crippen LogP contribution in [0.2, 0.25) is 0 Å². The molecule has 0 unspecified atom stereocenters. The van der Waals surface area contributed by atoms with Crippen molar-refractivity contribution in [1.29, 1.82) is 0 Å². The first-order valence-electron chi connectivity index (χ1n) is 6.39. The van der Waals surface area contributed by atoms with Gasteiger partial charge in [-0.3, -0.25) is 0 Å². The van der Waals surface area contributed by atoms with Crippen LogP contribution in [0.15, 0.2) is 42.5 Å². The van der Waals surface area contributed by atoms with Gasteiger partial charge < -0.3 is 14.0 Å². The summed E-state index contributed by atoms with van der Waals surface area (Å²) >= 11 is 0. The number of aryl methyl sites for hydroxylation is 1. The van der Waals surface area contributed by atoms with Crippen molar-refractivity contribution in [3.05, 3.63) is 42.5 Å². The Balaban J connectivity index is 2.30. The van der Waals surface area contributed by atoms with E-state index in [2.05, 4.69) is 4.57 Å². The number of methoxy groups -OCH3 is 2. The number of aromatic nitrogens is 2. The molecule has 0 saturated heterocycles. The summed E-state index contributed by atoms with van der Waals surface area (Å²) in [5, 5.41) is 0. The average molecular weight is 268 g/mol. The Morgan fingerprint density at radius 3 is 2.35 bits per heavy atom. The maximum absolute atomic E-state index is 5.45. The minimum Gasteiger partial charge on any atom is -0.493 e. The fourth-order valence-corrected chi connectivity index (χ4v) is 2.42. The van der Waals surface area contributed by atoms with E-state index in [1.54, 1.807) is 14.2 Å². The lowest BCUT2D eigenvalue weighted by atomic mass is 10.2. The van der Waals surface area contributed by atoms with Crippen molar-refractivity contribution in [2.75, 3.05) is 14.2 Å². The van der Waals surface area contributed by atoms with E-state index in [1.165, 1.54) is 0 Å². The van der Waals surface area contributed by atoms with E-state index in [0.717, 1.165) is 22.4 Å². The van der Waals surface area contributed by atoms with Gasteiger partial charge in [-0.15, -0.1) is 0 Å². The maximum Gasteiger partial charge on any atom is 0.188 e. The molecule has 0 fully saturated rings. The van der Waals surface area contributed by atoms with Crippen LogP contribution in [0.1, 0.15) is 0 Å². The molecule has 1 aromatic heterocycles. The molecule has 3 rings (SSSR count). The third-order valence-electron chi connectivity index (χ3n) is 3.43. The average Bonchev–Trinajstić information content (AvgIpc) is 2.84. The number of hydrogen-bond acceptors (Lipinski definition) is 3. The monoisotopic (exact) mass is 268 g/mol. The highest BCUT2D eigenvalue weighted by atomic mass is 16.5. The van der Waals surface area contributed by atoms with Gasteiger partial charge in [0, 0.05) is 12.6 Å². The van der Waals surface area contributed by atoms with Gasteiger partial charge in [-0.2, -0.15) is 0 Å². The molecule has 0 radical (unpaired) electrons. The summed E-state index contributed by atoms with van der Waals surface area (Å²) in [4.78, 5) is 4.72. The Morgan fingerprint density at radius 1 is 0.950 bits per heavy atom. The summed E-state index contributed by atoms with van der Waals surface area (Å²) in [5.74, 6) is 2.27. The molecule has 0 spiro atoms. The van der Waals surface area contributed by atoms with Crippen LogP contribution in [-0.4, -0.2) is 23.8 Å². The van der Waals surface area contributed by atoms with Gasteiger partial charge in [-0.1, -0.05) is 30.3 Å². The minimum atomic E-state index is 0.669. The fourth-order valence-electron chi connectivity index (χ4n) is 2.42. The summed E-state index contributed by atoms with van der Waals surface area (Å²) < 4.78 is 12.8. The van der Waals surface area contributed by atoms with E-state index in [1.807, 2.05) is 49.5 Å². The molecule has 0 saturated carbocycles. The van der Waals surface area contributed by atoms with Gasteiger partial charge in [-0.25, -0.2) is 4.98 Å². The number of fused-ring (bicyclic) bond motifs is 1. The highest BCUT2D eigenvalue weighted by Gasteiger charge is 2.16. The molecular weight excluding hydrogens is 252 g/mol. The molecule has 102 valence electrons. The Morgan fingerprint density at radius 2 is 1.70 bits per heavy atom. The van der Waals surface area contributed by atoms with Crippen molar-refractivity contribution in [2.45, 2.75) is 0 Å². The number of hydrogen-bond donors (Lipinski definition) is 0. The summed E-state index contributed by atoms with van der Waals surface area (Å²) in [6, 6.07) is 14.0. The van der Waals surface area contributed by atoms with E-state index in [9.17, 15) is 0 Å². The minimum absolute atomic E-state index is 0.669. The maximum atomic E-state index is 5.45. The molecule has 1 heterocycles. The molecule has 0 atom stereocenters. The zero-order chi connectivity index (χ0) is 14.1. The van der Waals surface area contributed by atoms with Crippen LogP contribution >= 0.6 is 0 Å². The molecular formula is C16H16N2O2. The van der Waals surface area contributed by atoms with Crippen molar-refractivity contribution in [3.63, 3.8) is 0 Å². The van der Waals surface area contributed by atoms with Crippen molar-refractivity contribution >= 4 is 11.0 Å². The lowest BCUT2D eigenvalue weighted by Gasteiger charge is -2.07. The zero-order valence-corrected chi connectivity index (χ0v) is 11.8. The van der Waals surface area contributed by atoms with Gasteiger partial charge in [0.1, 0.15) is 11.3 Å². The summed E-state index contributed by atoms with van der Waals surface area (Å²) in [5.41, 5.74) is 2.90. The first kappa shape index (κ1) is 12.5. The van der Waals surface area contributed by atoms with E-state index < -0.39 is 0 Å². The van der Waals surface area contributed by atoms with Gasteiger partial charge >= 0.3 is 0 Å². The van der Waals surface area contributed by atoms with E-state index >= 15 is 0 Å². The molecule has 20 heavy (non-hydrogen) atoms. The van der Waals surface area contributed by atoms with Gasteiger partial charge in [-0.05, 0) is 12.1 Å². The predicted octanol–water partition coefficient (Wildman–Crippen LogP) is 3.26. The third-order valence-corrected chi connectivity index (χ3v) is 3.43. The first-order valence-corrected chi connectivity index (χ1v) is 6.39. The molecule has 0 N–H and O–H groups in total. The van der Waals surface area contributed by atoms with Crippen LogP contribution in [-0.2, 0) is 7.05 Å². The highest BCUT2D eigenvalue weighted by molar-refractivity contribution is 5.88. The molecule has 4 heteroatoms. The van der Waals surface area contributed by atoms with E-state index in [-0.39, 0.29) is 0 Å². The van der Waals surface area contributed by atoms with Crippen LogP contribution in [0.5, 0.6) is 11.5 Å². The summed E-state index contributed by atoms with van der Waals surface area (Å²) in [6.07, 6.45) is 0. The highest BCUT2D eigenvalue weighted by Crippen LogP contribution is 2.36. The Labute approximate surface area is 117 Å². The number of ether oxygens (including phenoxy) is 2. The topological polar surface area (TPSA) is 36.3 Å². The lowest BCUT2D eigenvalue weighted by molar-refractivity contribution is 0.358. The molecule has 0 aliphatic carbocycles. The largest absolute Gasteiger partial charge is 0.493 e. The number of imidazole rings is 1. The molecule has 0 amide bonds. The normalized spacial score (nSPS) is 10.8. The van der Waals surface area contributed by atoms with Crippen LogP contribution in [0.4, 0.5) is 0 Å². The third kappa shape index (κ3) is 1.81. The zero-order valence-electron chi connectivity index (χ0n) is 11.8. The second-order valence-electron chi connectivity index (χ2n) is 4.53. The Bertz CT molecular complexity index is 748. The van der Waals surface area contributed by atoms with Crippen LogP contribution in [0.25, 0.3) is 22.4 Å². The molecule has 0 aliphatic heterocycles. The van der Waals surface area contributed by atoms with Gasteiger partial charge in [0.15, 0.2) is 11.5 Å². The molecule has 3 aromatic rings. The fraction of sp³-hybridized carbons (Fsp3) is 0.188. The quantitative estimate of drug-likeness (QED) is 0.731. The Kier molecular flexibility index (Phi) is 3.06. The predicted molar refractivity (Wildman–Crippen MR) is 79.3 cm³/mol. The van der Waals surface area contributed by atoms with Crippen LogP contribution in [0.3, 0.4) is 0 Å². The van der Waals surface area contributed by atoms with Crippen molar-refractivity contribution in [1.82, 2.24) is 9.55 Å². The first-order chi connectivity index (χ1) is 9.76. The molecule has 0 aliphatic rings. The van der Waals surface area contributed by atoms with Crippen molar-refractivity contribution in [3.8, 4) is 22.9 Å². The van der Waals surface area contributed by atoms with Gasteiger partial charge in [0.05, 0.1) is 19.7 Å². The van der Waals surface area contributed by atoms with Gasteiger partial charge in [0.2, 0.25) is 0 Å². The van der Waals surface area contributed by atoms with Gasteiger partial charge in [0.25, 0.3) is 0 Å². The number of benzene rings is 2. The molecule has 0 bridgehead atoms. The van der Waals surface area contributed by atoms with Crippen LogP contribution < -0.4 is 9.47 Å². The lowest BCUT2D eigenvalue weighted by Crippen LogP contribution is -1.93. The molecule has 4 nitrogen and oxygen atoms in total. The second-order valence-corrected chi connectivity index (χ2v) is 4.53. The van der Waals surface area contributed by atoms with E-state index in [0.29, 0.717) is 11.5 Å². The van der Waals surface area contributed by atoms with Crippen molar-refractivity contribution in [2.24, 2.45) is 7.05 Å².